The van der Waals surface area contributed by atoms with Gasteiger partial charge in [-0.1, -0.05) is 11.6 Å². The molecular formula is C13H16ClIN2O. The monoisotopic (exact) mass is 378 g/mol. The van der Waals surface area contributed by atoms with Gasteiger partial charge in [-0.15, -0.1) is 0 Å². The van der Waals surface area contributed by atoms with Gasteiger partial charge in [0.2, 0.25) is 5.91 Å². The Morgan fingerprint density at radius 3 is 2.72 bits per heavy atom. The van der Waals surface area contributed by atoms with E-state index < -0.39 is 0 Å². The minimum atomic E-state index is -0.196. The van der Waals surface area contributed by atoms with Gasteiger partial charge in [-0.3, -0.25) is 4.79 Å². The van der Waals surface area contributed by atoms with Crippen molar-refractivity contribution >= 4 is 45.8 Å². The Labute approximate surface area is 126 Å². The van der Waals surface area contributed by atoms with Crippen LogP contribution in [-0.2, 0) is 4.79 Å². The highest BCUT2D eigenvalue weighted by Gasteiger charge is 2.23. The summed E-state index contributed by atoms with van der Waals surface area (Å²) in [6.07, 6.45) is 2.24. The van der Waals surface area contributed by atoms with E-state index >= 15 is 0 Å². The standard InChI is InChI=1S/C13H16ClIN2O/c1-9(13(18)17-6-2-3-7-17)16-12-5-4-10(14)8-11(12)15/h4-5,8-9,16H,2-3,6-7H2,1H3. The third kappa shape index (κ3) is 3.29. The van der Waals surface area contributed by atoms with E-state index in [1.54, 1.807) is 0 Å². The predicted molar refractivity (Wildman–Crippen MR) is 83.1 cm³/mol. The van der Waals surface area contributed by atoms with Crippen molar-refractivity contribution in [2.24, 2.45) is 0 Å². The van der Waals surface area contributed by atoms with Crippen molar-refractivity contribution in [3.63, 3.8) is 0 Å². The number of amides is 1. The Bertz CT molecular complexity index is 447. The minimum Gasteiger partial charge on any atom is -0.373 e. The average Bonchev–Trinajstić information content (AvgIpc) is 2.85. The number of hydrogen-bond acceptors (Lipinski definition) is 2. The maximum absolute atomic E-state index is 12.2. The number of nitrogens with zero attached hydrogens (tertiary/aromatic N) is 1. The van der Waals surface area contributed by atoms with Gasteiger partial charge >= 0.3 is 0 Å². The van der Waals surface area contributed by atoms with Crippen LogP contribution in [0.3, 0.4) is 0 Å². The summed E-state index contributed by atoms with van der Waals surface area (Å²) in [4.78, 5) is 14.1. The molecule has 0 radical (unpaired) electrons. The molecule has 1 fully saturated rings. The van der Waals surface area contributed by atoms with Gasteiger partial charge in [-0.25, -0.2) is 0 Å². The molecule has 5 heteroatoms. The third-order valence-electron chi connectivity index (χ3n) is 3.09. The highest BCUT2D eigenvalue weighted by molar-refractivity contribution is 14.1. The molecule has 1 amide bonds. The fourth-order valence-corrected chi connectivity index (χ4v) is 3.14. The highest BCUT2D eigenvalue weighted by Crippen LogP contribution is 2.23. The summed E-state index contributed by atoms with van der Waals surface area (Å²) in [5.74, 6) is 0.179. The second-order valence-electron chi connectivity index (χ2n) is 4.52. The number of nitrogens with one attached hydrogen (secondary N) is 1. The van der Waals surface area contributed by atoms with E-state index in [4.69, 9.17) is 11.6 Å². The van der Waals surface area contributed by atoms with E-state index in [1.807, 2.05) is 30.0 Å². The lowest BCUT2D eigenvalue weighted by molar-refractivity contribution is -0.130. The van der Waals surface area contributed by atoms with Crippen LogP contribution in [0.15, 0.2) is 18.2 Å². The molecule has 1 aromatic carbocycles. The van der Waals surface area contributed by atoms with Crippen LogP contribution >= 0.6 is 34.2 Å². The summed E-state index contributed by atoms with van der Waals surface area (Å²) in [7, 11) is 0. The molecule has 1 unspecified atom stereocenters. The van der Waals surface area contributed by atoms with Crippen molar-refractivity contribution < 1.29 is 4.79 Å². The fraction of sp³-hybridized carbons (Fsp3) is 0.462. The molecule has 1 heterocycles. The second kappa shape index (κ2) is 6.10. The van der Waals surface area contributed by atoms with E-state index in [1.165, 1.54) is 0 Å². The van der Waals surface area contributed by atoms with Crippen LogP contribution in [0.4, 0.5) is 5.69 Å². The lowest BCUT2D eigenvalue weighted by Crippen LogP contribution is -2.39. The number of rotatable bonds is 3. The summed E-state index contributed by atoms with van der Waals surface area (Å²) in [6.45, 7) is 3.69. The Hall–Kier alpha value is -0.490. The number of carbonyl (C=O) groups is 1. The van der Waals surface area contributed by atoms with Crippen LogP contribution in [0.1, 0.15) is 19.8 Å². The van der Waals surface area contributed by atoms with Crippen LogP contribution in [-0.4, -0.2) is 29.9 Å². The number of halogens is 2. The molecule has 2 rings (SSSR count). The van der Waals surface area contributed by atoms with Crippen molar-refractivity contribution in [3.8, 4) is 0 Å². The molecule has 1 atom stereocenters. The Morgan fingerprint density at radius 2 is 2.11 bits per heavy atom. The van der Waals surface area contributed by atoms with E-state index in [0.29, 0.717) is 5.02 Å². The normalized spacial score (nSPS) is 16.7. The average molecular weight is 379 g/mol. The van der Waals surface area contributed by atoms with Crippen molar-refractivity contribution in [2.75, 3.05) is 18.4 Å². The van der Waals surface area contributed by atoms with Gasteiger partial charge in [0.1, 0.15) is 6.04 Å². The molecule has 1 N–H and O–H groups in total. The van der Waals surface area contributed by atoms with Crippen molar-refractivity contribution in [3.05, 3.63) is 26.8 Å². The third-order valence-corrected chi connectivity index (χ3v) is 4.22. The molecule has 0 saturated carbocycles. The summed E-state index contributed by atoms with van der Waals surface area (Å²) in [6, 6.07) is 5.44. The molecule has 3 nitrogen and oxygen atoms in total. The summed E-state index contributed by atoms with van der Waals surface area (Å²) in [5.41, 5.74) is 0.958. The van der Waals surface area contributed by atoms with Crippen LogP contribution < -0.4 is 5.32 Å². The molecule has 98 valence electrons. The molecule has 0 bridgehead atoms. The van der Waals surface area contributed by atoms with Gasteiger partial charge in [0.25, 0.3) is 0 Å². The summed E-state index contributed by atoms with van der Waals surface area (Å²) in [5, 5.41) is 3.97. The number of anilines is 1. The Morgan fingerprint density at radius 1 is 1.44 bits per heavy atom. The maximum Gasteiger partial charge on any atom is 0.244 e. The van der Waals surface area contributed by atoms with Crippen LogP contribution in [0.2, 0.25) is 5.02 Å². The van der Waals surface area contributed by atoms with Crippen LogP contribution in [0, 0.1) is 3.57 Å². The fourth-order valence-electron chi connectivity index (χ4n) is 2.11. The number of benzene rings is 1. The van der Waals surface area contributed by atoms with Crippen molar-refractivity contribution in [1.82, 2.24) is 4.90 Å². The first-order valence-corrected chi connectivity index (χ1v) is 7.54. The molecule has 1 aliphatic heterocycles. The number of hydrogen-bond donors (Lipinski definition) is 1. The summed E-state index contributed by atoms with van der Waals surface area (Å²) >= 11 is 8.13. The number of carbonyl (C=O) groups excluding carboxylic acids is 1. The van der Waals surface area contributed by atoms with Gasteiger partial charge < -0.3 is 10.2 Å². The van der Waals surface area contributed by atoms with Gasteiger partial charge in [0, 0.05) is 27.4 Å². The van der Waals surface area contributed by atoms with Gasteiger partial charge in [-0.05, 0) is 60.6 Å². The molecule has 0 spiro atoms. The highest BCUT2D eigenvalue weighted by atomic mass is 127. The first-order valence-electron chi connectivity index (χ1n) is 6.08. The number of likely N-dealkylation sites (tertiary alicyclic amines) is 1. The lowest BCUT2D eigenvalue weighted by atomic mass is 10.2. The first-order chi connectivity index (χ1) is 8.58. The molecule has 1 aliphatic rings. The lowest BCUT2D eigenvalue weighted by Gasteiger charge is -2.22. The topological polar surface area (TPSA) is 32.3 Å². The van der Waals surface area contributed by atoms with E-state index in [9.17, 15) is 4.79 Å². The second-order valence-corrected chi connectivity index (χ2v) is 6.12. The molecule has 1 saturated heterocycles. The largest absolute Gasteiger partial charge is 0.373 e. The zero-order valence-electron chi connectivity index (χ0n) is 10.2. The Balaban J connectivity index is 2.01. The zero-order chi connectivity index (χ0) is 13.1. The van der Waals surface area contributed by atoms with Crippen molar-refractivity contribution in [1.29, 1.82) is 0 Å². The van der Waals surface area contributed by atoms with Gasteiger partial charge in [0.15, 0.2) is 0 Å². The maximum atomic E-state index is 12.2. The van der Waals surface area contributed by atoms with Crippen molar-refractivity contribution in [2.45, 2.75) is 25.8 Å². The van der Waals surface area contributed by atoms with E-state index in [-0.39, 0.29) is 11.9 Å². The zero-order valence-corrected chi connectivity index (χ0v) is 13.2. The summed E-state index contributed by atoms with van der Waals surface area (Å²) < 4.78 is 1.03. The van der Waals surface area contributed by atoms with E-state index in [2.05, 4.69) is 27.9 Å². The molecular weight excluding hydrogens is 363 g/mol. The molecule has 18 heavy (non-hydrogen) atoms. The van der Waals surface area contributed by atoms with Gasteiger partial charge in [-0.2, -0.15) is 0 Å². The van der Waals surface area contributed by atoms with E-state index in [0.717, 1.165) is 35.2 Å². The Kier molecular flexibility index (Phi) is 4.72. The predicted octanol–water partition coefficient (Wildman–Crippen LogP) is 3.37. The minimum absolute atomic E-state index is 0.179. The smallest absolute Gasteiger partial charge is 0.244 e. The molecule has 0 aromatic heterocycles. The molecule has 1 aromatic rings. The first kappa shape index (κ1) is 13.9. The van der Waals surface area contributed by atoms with Crippen LogP contribution in [0.25, 0.3) is 0 Å². The SMILES string of the molecule is CC(Nc1ccc(Cl)cc1I)C(=O)N1CCCC1. The van der Waals surface area contributed by atoms with Crippen LogP contribution in [0.5, 0.6) is 0 Å². The van der Waals surface area contributed by atoms with Gasteiger partial charge in [0.05, 0.1) is 0 Å². The molecule has 0 aliphatic carbocycles. The quantitative estimate of drug-likeness (QED) is 0.818.